The molecular weight excluding hydrogens is 292 g/mol. The standard InChI is InChI=1S/C18H26N2O3/c1-13(2)23-16-10-6-7-14(11-16)17(21)12-19-18(22)20-15-8-4-3-5-9-15/h4,6-8,10-11,13,15,17,21H,3,5,9,12H2,1-2H3,(H2,19,20,22). The van der Waals surface area contributed by atoms with Crippen molar-refractivity contribution in [3.05, 3.63) is 42.0 Å². The maximum atomic E-state index is 11.9. The molecule has 1 aliphatic carbocycles. The Kier molecular flexibility index (Phi) is 6.47. The molecule has 0 aliphatic heterocycles. The maximum Gasteiger partial charge on any atom is 0.315 e. The molecule has 0 bridgehead atoms. The fourth-order valence-corrected chi connectivity index (χ4v) is 2.53. The molecule has 23 heavy (non-hydrogen) atoms. The molecule has 5 nitrogen and oxygen atoms in total. The first-order chi connectivity index (χ1) is 11.0. The van der Waals surface area contributed by atoms with Crippen LogP contribution in [0.2, 0.25) is 0 Å². The number of urea groups is 1. The van der Waals surface area contributed by atoms with E-state index in [2.05, 4.69) is 16.7 Å². The summed E-state index contributed by atoms with van der Waals surface area (Å²) in [6.45, 7) is 4.07. The van der Waals surface area contributed by atoms with Crippen molar-refractivity contribution in [3.8, 4) is 5.75 Å². The van der Waals surface area contributed by atoms with Crippen molar-refractivity contribution < 1.29 is 14.6 Å². The first kappa shape index (κ1) is 17.3. The summed E-state index contributed by atoms with van der Waals surface area (Å²) >= 11 is 0. The largest absolute Gasteiger partial charge is 0.491 e. The number of allylic oxidation sites excluding steroid dienone is 1. The molecule has 2 rings (SSSR count). The van der Waals surface area contributed by atoms with E-state index < -0.39 is 6.10 Å². The van der Waals surface area contributed by atoms with Crippen molar-refractivity contribution in [1.82, 2.24) is 10.6 Å². The van der Waals surface area contributed by atoms with E-state index in [4.69, 9.17) is 4.74 Å². The van der Waals surface area contributed by atoms with Crippen LogP contribution in [0.5, 0.6) is 5.75 Å². The van der Waals surface area contributed by atoms with E-state index in [1.807, 2.05) is 38.1 Å². The van der Waals surface area contributed by atoms with Crippen molar-refractivity contribution in [1.29, 1.82) is 0 Å². The van der Waals surface area contributed by atoms with Crippen LogP contribution in [0.3, 0.4) is 0 Å². The molecule has 0 saturated carbocycles. The molecule has 0 fully saturated rings. The van der Waals surface area contributed by atoms with Crippen LogP contribution in [0.1, 0.15) is 44.8 Å². The lowest BCUT2D eigenvalue weighted by molar-refractivity contribution is 0.171. The minimum atomic E-state index is -0.765. The van der Waals surface area contributed by atoms with Crippen LogP contribution in [0.15, 0.2) is 36.4 Å². The first-order valence-electron chi connectivity index (χ1n) is 8.20. The molecule has 126 valence electrons. The first-order valence-corrected chi connectivity index (χ1v) is 8.20. The Labute approximate surface area is 137 Å². The zero-order valence-corrected chi connectivity index (χ0v) is 13.8. The summed E-state index contributed by atoms with van der Waals surface area (Å²) in [5, 5.41) is 15.8. The van der Waals surface area contributed by atoms with Gasteiger partial charge in [0.05, 0.1) is 12.2 Å². The predicted octanol–water partition coefficient (Wildman–Crippen LogP) is 2.92. The Bertz CT molecular complexity index is 543. The Morgan fingerprint density at radius 2 is 2.26 bits per heavy atom. The normalized spacial score (nSPS) is 18.5. The molecule has 2 amide bonds. The molecule has 3 N–H and O–H groups in total. The third-order valence-electron chi connectivity index (χ3n) is 3.64. The summed E-state index contributed by atoms with van der Waals surface area (Å²) in [6, 6.07) is 7.14. The van der Waals surface area contributed by atoms with Gasteiger partial charge in [0.15, 0.2) is 0 Å². The molecule has 5 heteroatoms. The highest BCUT2D eigenvalue weighted by atomic mass is 16.5. The lowest BCUT2D eigenvalue weighted by Gasteiger charge is -2.19. The third kappa shape index (κ3) is 5.94. The zero-order chi connectivity index (χ0) is 16.7. The number of hydrogen-bond acceptors (Lipinski definition) is 3. The molecular formula is C18H26N2O3. The van der Waals surface area contributed by atoms with Crippen LogP contribution >= 0.6 is 0 Å². The van der Waals surface area contributed by atoms with Gasteiger partial charge in [-0.05, 0) is 50.8 Å². The number of nitrogens with one attached hydrogen (secondary N) is 2. The van der Waals surface area contributed by atoms with E-state index in [1.165, 1.54) is 0 Å². The Hall–Kier alpha value is -2.01. The van der Waals surface area contributed by atoms with Gasteiger partial charge in [-0.2, -0.15) is 0 Å². The molecule has 1 aliphatic rings. The summed E-state index contributed by atoms with van der Waals surface area (Å²) in [7, 11) is 0. The van der Waals surface area contributed by atoms with Gasteiger partial charge in [0.25, 0.3) is 0 Å². The van der Waals surface area contributed by atoms with Gasteiger partial charge in [-0.25, -0.2) is 4.79 Å². The second-order valence-corrected chi connectivity index (χ2v) is 6.07. The fraction of sp³-hybridized carbons (Fsp3) is 0.500. The van der Waals surface area contributed by atoms with E-state index >= 15 is 0 Å². The van der Waals surface area contributed by atoms with Crippen LogP contribution < -0.4 is 15.4 Å². The third-order valence-corrected chi connectivity index (χ3v) is 3.64. The molecule has 0 aromatic heterocycles. The minimum absolute atomic E-state index is 0.0786. The number of carbonyl (C=O) groups excluding carboxylic acids is 1. The molecule has 0 spiro atoms. The number of aliphatic hydroxyl groups excluding tert-OH is 1. The predicted molar refractivity (Wildman–Crippen MR) is 90.5 cm³/mol. The lowest BCUT2D eigenvalue weighted by Crippen LogP contribution is -2.43. The van der Waals surface area contributed by atoms with Crippen molar-refractivity contribution in [2.75, 3.05) is 6.54 Å². The van der Waals surface area contributed by atoms with Gasteiger partial charge in [0, 0.05) is 12.6 Å². The van der Waals surface area contributed by atoms with Crippen molar-refractivity contribution >= 4 is 6.03 Å². The minimum Gasteiger partial charge on any atom is -0.491 e. The average molecular weight is 318 g/mol. The van der Waals surface area contributed by atoms with E-state index in [0.717, 1.165) is 24.8 Å². The highest BCUT2D eigenvalue weighted by molar-refractivity contribution is 5.74. The number of rotatable bonds is 6. The Balaban J connectivity index is 1.81. The van der Waals surface area contributed by atoms with Crippen molar-refractivity contribution in [2.45, 2.75) is 51.4 Å². The molecule has 2 atom stereocenters. The van der Waals surface area contributed by atoms with E-state index in [9.17, 15) is 9.90 Å². The summed E-state index contributed by atoms with van der Waals surface area (Å²) in [6.07, 6.45) is 6.55. The molecule has 2 unspecified atom stereocenters. The molecule has 1 aromatic rings. The molecule has 1 aromatic carbocycles. The quantitative estimate of drug-likeness (QED) is 0.706. The number of carbonyl (C=O) groups is 1. The van der Waals surface area contributed by atoms with Crippen LogP contribution in [-0.2, 0) is 0 Å². The number of benzene rings is 1. The summed E-state index contributed by atoms with van der Waals surface area (Å²) < 4.78 is 5.61. The highest BCUT2D eigenvalue weighted by Gasteiger charge is 2.14. The highest BCUT2D eigenvalue weighted by Crippen LogP contribution is 2.20. The molecule has 0 saturated heterocycles. The van der Waals surface area contributed by atoms with Gasteiger partial charge in [0.1, 0.15) is 5.75 Å². The monoisotopic (exact) mass is 318 g/mol. The van der Waals surface area contributed by atoms with Crippen LogP contribution in [0, 0.1) is 0 Å². The van der Waals surface area contributed by atoms with E-state index in [0.29, 0.717) is 5.75 Å². The summed E-state index contributed by atoms with van der Waals surface area (Å²) in [5.74, 6) is 0.716. The van der Waals surface area contributed by atoms with Gasteiger partial charge in [-0.15, -0.1) is 0 Å². The number of aliphatic hydroxyl groups is 1. The second-order valence-electron chi connectivity index (χ2n) is 6.07. The maximum absolute atomic E-state index is 11.9. The van der Waals surface area contributed by atoms with Gasteiger partial charge >= 0.3 is 6.03 Å². The summed E-state index contributed by atoms with van der Waals surface area (Å²) in [5.41, 5.74) is 0.723. The van der Waals surface area contributed by atoms with Crippen LogP contribution in [0.25, 0.3) is 0 Å². The van der Waals surface area contributed by atoms with Crippen molar-refractivity contribution in [3.63, 3.8) is 0 Å². The van der Waals surface area contributed by atoms with Crippen molar-refractivity contribution in [2.24, 2.45) is 0 Å². The number of ether oxygens (including phenoxy) is 1. The average Bonchev–Trinajstić information content (AvgIpc) is 2.53. The molecule has 0 radical (unpaired) electrons. The van der Waals surface area contributed by atoms with Gasteiger partial charge < -0.3 is 20.5 Å². The van der Waals surface area contributed by atoms with E-state index in [1.54, 1.807) is 6.07 Å². The smallest absolute Gasteiger partial charge is 0.315 e. The summed E-state index contributed by atoms with van der Waals surface area (Å²) in [4.78, 5) is 11.9. The Morgan fingerprint density at radius 1 is 1.43 bits per heavy atom. The number of hydrogen-bond donors (Lipinski definition) is 3. The second kappa shape index (κ2) is 8.58. The SMILES string of the molecule is CC(C)Oc1cccc(C(O)CNC(=O)NC2C=CCCC2)c1. The fourth-order valence-electron chi connectivity index (χ4n) is 2.53. The van der Waals surface area contributed by atoms with Gasteiger partial charge in [0.2, 0.25) is 0 Å². The lowest BCUT2D eigenvalue weighted by atomic mass is 10.0. The topological polar surface area (TPSA) is 70.6 Å². The molecule has 0 heterocycles. The van der Waals surface area contributed by atoms with Crippen LogP contribution in [-0.4, -0.2) is 29.8 Å². The Morgan fingerprint density at radius 3 is 2.96 bits per heavy atom. The van der Waals surface area contributed by atoms with E-state index in [-0.39, 0.29) is 24.7 Å². The van der Waals surface area contributed by atoms with Gasteiger partial charge in [-0.3, -0.25) is 0 Å². The zero-order valence-electron chi connectivity index (χ0n) is 13.8. The number of amides is 2. The van der Waals surface area contributed by atoms with Crippen LogP contribution in [0.4, 0.5) is 4.79 Å². The van der Waals surface area contributed by atoms with Gasteiger partial charge in [-0.1, -0.05) is 24.3 Å².